The van der Waals surface area contributed by atoms with E-state index in [1.165, 1.54) is 4.31 Å². The van der Waals surface area contributed by atoms with Crippen molar-refractivity contribution in [1.29, 1.82) is 0 Å². The summed E-state index contributed by atoms with van der Waals surface area (Å²) in [4.78, 5) is 12.9. The van der Waals surface area contributed by atoms with Crippen molar-refractivity contribution in [3.63, 3.8) is 0 Å². The van der Waals surface area contributed by atoms with E-state index in [4.69, 9.17) is 23.2 Å². The Balaban J connectivity index is 1.86. The predicted octanol–water partition coefficient (Wildman–Crippen LogP) is 5.26. The highest BCUT2D eigenvalue weighted by Crippen LogP contribution is 2.29. The minimum Gasteiger partial charge on any atom is -0.324 e. The summed E-state index contributed by atoms with van der Waals surface area (Å²) in [7, 11) is -3.81. The molecule has 8 heteroatoms. The third-order valence-corrected chi connectivity index (χ3v) is 7.59. The van der Waals surface area contributed by atoms with E-state index in [1.807, 2.05) is 6.92 Å². The predicted molar refractivity (Wildman–Crippen MR) is 117 cm³/mol. The number of amides is 1. The second kappa shape index (κ2) is 9.47. The lowest BCUT2D eigenvalue weighted by atomic mass is 9.95. The van der Waals surface area contributed by atoms with Crippen LogP contribution in [0.1, 0.15) is 37.7 Å². The summed E-state index contributed by atoms with van der Waals surface area (Å²) in [5.41, 5.74) is 1.34. The lowest BCUT2D eigenvalue weighted by Crippen LogP contribution is -2.45. The summed E-state index contributed by atoms with van der Waals surface area (Å²) < 4.78 is 28.0. The van der Waals surface area contributed by atoms with E-state index in [1.54, 1.807) is 42.5 Å². The fourth-order valence-electron chi connectivity index (χ4n) is 3.55. The Morgan fingerprint density at radius 3 is 2.38 bits per heavy atom. The van der Waals surface area contributed by atoms with Crippen LogP contribution in [0.5, 0.6) is 0 Å². The summed E-state index contributed by atoms with van der Waals surface area (Å²) in [5.74, 6) is -0.449. The number of carbonyl (C=O) groups is 1. The van der Waals surface area contributed by atoms with Crippen LogP contribution >= 0.6 is 23.2 Å². The molecule has 3 rings (SSSR count). The third kappa shape index (κ3) is 5.51. The highest BCUT2D eigenvalue weighted by molar-refractivity contribution is 7.89. The smallest absolute Gasteiger partial charge is 0.243 e. The Kier molecular flexibility index (Phi) is 7.22. The normalized spacial score (nSPS) is 15.4. The number of carbonyl (C=O) groups excluding carboxylic acids is 1. The number of benzene rings is 2. The molecule has 2 aromatic rings. The van der Waals surface area contributed by atoms with Crippen LogP contribution in [0.4, 0.5) is 5.69 Å². The van der Waals surface area contributed by atoms with Crippen LogP contribution in [0.15, 0.2) is 47.4 Å². The minimum atomic E-state index is -3.81. The average molecular weight is 455 g/mol. The number of hydrogen-bond donors (Lipinski definition) is 1. The van der Waals surface area contributed by atoms with E-state index in [9.17, 15) is 13.2 Å². The maximum atomic E-state index is 13.4. The van der Waals surface area contributed by atoms with Crippen molar-refractivity contribution in [1.82, 2.24) is 4.31 Å². The average Bonchev–Trinajstić information content (AvgIpc) is 2.70. The van der Waals surface area contributed by atoms with E-state index in [0.717, 1.165) is 37.7 Å². The van der Waals surface area contributed by atoms with E-state index < -0.39 is 15.9 Å². The molecular formula is C21H24Cl2N2O3S. The molecular weight excluding hydrogens is 431 g/mol. The van der Waals surface area contributed by atoms with Crippen molar-refractivity contribution in [2.24, 2.45) is 0 Å². The number of nitrogens with one attached hydrogen (secondary N) is 1. The molecule has 0 radical (unpaired) electrons. The van der Waals surface area contributed by atoms with Gasteiger partial charge in [-0.05, 0) is 50.1 Å². The van der Waals surface area contributed by atoms with E-state index in [-0.39, 0.29) is 17.5 Å². The Labute approximate surface area is 182 Å². The molecule has 5 nitrogen and oxygen atoms in total. The summed E-state index contributed by atoms with van der Waals surface area (Å²) in [6.45, 7) is 1.63. The second-order valence-corrected chi connectivity index (χ2v) is 10.1. The van der Waals surface area contributed by atoms with Gasteiger partial charge in [-0.3, -0.25) is 4.79 Å². The number of hydrogen-bond acceptors (Lipinski definition) is 3. The molecule has 1 amide bonds. The first-order chi connectivity index (χ1) is 13.8. The summed E-state index contributed by atoms with van der Waals surface area (Å²) in [5, 5.41) is 3.46. The van der Waals surface area contributed by atoms with Gasteiger partial charge in [-0.15, -0.1) is 0 Å². The van der Waals surface area contributed by atoms with Crippen LogP contribution in [-0.4, -0.2) is 31.2 Å². The quantitative estimate of drug-likeness (QED) is 0.646. The molecule has 1 N–H and O–H groups in total. The van der Waals surface area contributed by atoms with Gasteiger partial charge in [0.2, 0.25) is 15.9 Å². The zero-order valence-corrected chi connectivity index (χ0v) is 18.5. The number of anilines is 1. The standard InChI is InChI=1S/C21H24Cl2N2O3S/c1-15-7-10-18(11-8-15)29(27,28)25(17-5-3-2-4-6-17)14-21(26)24-20-13-16(22)9-12-19(20)23/h7-13,17H,2-6,14H2,1H3,(H,24,26). The van der Waals surface area contributed by atoms with Crippen molar-refractivity contribution >= 4 is 44.8 Å². The van der Waals surface area contributed by atoms with E-state index >= 15 is 0 Å². The van der Waals surface area contributed by atoms with Crippen molar-refractivity contribution in [2.75, 3.05) is 11.9 Å². The van der Waals surface area contributed by atoms with E-state index in [2.05, 4.69) is 5.32 Å². The molecule has 0 bridgehead atoms. The first-order valence-corrected chi connectivity index (χ1v) is 11.8. The molecule has 0 aromatic heterocycles. The summed E-state index contributed by atoms with van der Waals surface area (Å²) in [6, 6.07) is 11.3. The number of rotatable bonds is 6. The molecule has 0 atom stereocenters. The Hall–Kier alpha value is -1.60. The zero-order chi connectivity index (χ0) is 21.0. The van der Waals surface area contributed by atoms with Gasteiger partial charge in [-0.25, -0.2) is 8.42 Å². The SMILES string of the molecule is Cc1ccc(S(=O)(=O)N(CC(=O)Nc2cc(Cl)ccc2Cl)C2CCCCC2)cc1. The maximum absolute atomic E-state index is 13.4. The number of aryl methyl sites for hydroxylation is 1. The minimum absolute atomic E-state index is 0.197. The number of halogens is 2. The molecule has 0 aliphatic heterocycles. The van der Waals surface area contributed by atoms with Gasteiger partial charge in [-0.2, -0.15) is 4.31 Å². The highest BCUT2D eigenvalue weighted by atomic mass is 35.5. The van der Waals surface area contributed by atoms with Gasteiger partial charge in [0.15, 0.2) is 0 Å². The topological polar surface area (TPSA) is 66.5 Å². The first kappa shape index (κ1) is 22.1. The maximum Gasteiger partial charge on any atom is 0.243 e. The van der Waals surface area contributed by atoms with Gasteiger partial charge in [0.05, 0.1) is 22.2 Å². The van der Waals surface area contributed by atoms with Gasteiger partial charge in [0, 0.05) is 11.1 Å². The molecule has 1 aliphatic rings. The van der Waals surface area contributed by atoms with Crippen LogP contribution in [0.25, 0.3) is 0 Å². The van der Waals surface area contributed by atoms with Gasteiger partial charge < -0.3 is 5.32 Å². The van der Waals surface area contributed by atoms with Gasteiger partial charge in [0.1, 0.15) is 0 Å². The van der Waals surface area contributed by atoms with Crippen LogP contribution in [0, 0.1) is 6.92 Å². The molecule has 1 fully saturated rings. The molecule has 29 heavy (non-hydrogen) atoms. The lowest BCUT2D eigenvalue weighted by Gasteiger charge is -2.33. The fourth-order valence-corrected chi connectivity index (χ4v) is 5.53. The van der Waals surface area contributed by atoms with Crippen LogP contribution in [-0.2, 0) is 14.8 Å². The van der Waals surface area contributed by atoms with Crippen molar-refractivity contribution < 1.29 is 13.2 Å². The molecule has 1 aliphatic carbocycles. The van der Waals surface area contributed by atoms with Crippen molar-refractivity contribution in [2.45, 2.75) is 50.0 Å². The van der Waals surface area contributed by atoms with Gasteiger partial charge >= 0.3 is 0 Å². The Morgan fingerprint density at radius 2 is 1.72 bits per heavy atom. The number of nitrogens with zero attached hydrogens (tertiary/aromatic N) is 1. The van der Waals surface area contributed by atoms with Crippen LogP contribution < -0.4 is 5.32 Å². The zero-order valence-electron chi connectivity index (χ0n) is 16.2. The van der Waals surface area contributed by atoms with Crippen LogP contribution in [0.3, 0.4) is 0 Å². The molecule has 1 saturated carbocycles. The van der Waals surface area contributed by atoms with E-state index in [0.29, 0.717) is 15.7 Å². The highest BCUT2D eigenvalue weighted by Gasteiger charge is 2.34. The molecule has 156 valence electrons. The molecule has 0 saturated heterocycles. The monoisotopic (exact) mass is 454 g/mol. The van der Waals surface area contributed by atoms with Crippen LogP contribution in [0.2, 0.25) is 10.0 Å². The Bertz CT molecular complexity index is 972. The van der Waals surface area contributed by atoms with Gasteiger partial charge in [-0.1, -0.05) is 60.2 Å². The Morgan fingerprint density at radius 1 is 1.07 bits per heavy atom. The molecule has 0 heterocycles. The van der Waals surface area contributed by atoms with Crippen molar-refractivity contribution in [3.8, 4) is 0 Å². The fraction of sp³-hybridized carbons (Fsp3) is 0.381. The largest absolute Gasteiger partial charge is 0.324 e. The number of sulfonamides is 1. The van der Waals surface area contributed by atoms with Gasteiger partial charge in [0.25, 0.3) is 0 Å². The molecule has 0 unspecified atom stereocenters. The molecule has 0 spiro atoms. The summed E-state index contributed by atoms with van der Waals surface area (Å²) >= 11 is 12.1. The lowest BCUT2D eigenvalue weighted by molar-refractivity contribution is -0.116. The first-order valence-electron chi connectivity index (χ1n) is 9.61. The molecule has 2 aromatic carbocycles. The third-order valence-electron chi connectivity index (χ3n) is 5.11. The summed E-state index contributed by atoms with van der Waals surface area (Å²) in [6.07, 6.45) is 4.48. The van der Waals surface area contributed by atoms with Crippen molar-refractivity contribution in [3.05, 3.63) is 58.1 Å². The second-order valence-electron chi connectivity index (χ2n) is 7.33.